The van der Waals surface area contributed by atoms with Crippen LogP contribution >= 0.6 is 11.3 Å². The van der Waals surface area contributed by atoms with Crippen LogP contribution in [0.15, 0.2) is 24.3 Å². The first kappa shape index (κ1) is 34.9. The van der Waals surface area contributed by atoms with Crippen LogP contribution in [0.3, 0.4) is 0 Å². The predicted molar refractivity (Wildman–Crippen MR) is 180 cm³/mol. The van der Waals surface area contributed by atoms with Crippen LogP contribution in [0.25, 0.3) is 0 Å². The lowest BCUT2D eigenvalue weighted by Gasteiger charge is -2.39. The number of hydrogen-bond donors (Lipinski definition) is 1. The van der Waals surface area contributed by atoms with Gasteiger partial charge in [0.1, 0.15) is 11.0 Å². The number of aromatic nitrogens is 1. The van der Waals surface area contributed by atoms with Gasteiger partial charge in [-0.25, -0.2) is 9.78 Å². The highest BCUT2D eigenvalue weighted by Gasteiger charge is 2.38. The Hall–Kier alpha value is -2.93. The van der Waals surface area contributed by atoms with Crippen molar-refractivity contribution in [1.82, 2.24) is 9.88 Å². The molecule has 246 valence electrons. The van der Waals surface area contributed by atoms with Crippen molar-refractivity contribution in [3.63, 3.8) is 0 Å². The molecule has 0 unspecified atom stereocenters. The van der Waals surface area contributed by atoms with Gasteiger partial charge in [0.25, 0.3) is 0 Å². The average Bonchev–Trinajstić information content (AvgIpc) is 3.42. The Labute approximate surface area is 273 Å². The average molecular weight is 638 g/mol. The summed E-state index contributed by atoms with van der Waals surface area (Å²) in [6.45, 7) is 13.3. The van der Waals surface area contributed by atoms with Crippen LogP contribution < -0.4 is 9.64 Å². The molecule has 0 spiro atoms. The molecule has 2 aliphatic carbocycles. The van der Waals surface area contributed by atoms with E-state index in [4.69, 9.17) is 14.5 Å². The van der Waals surface area contributed by atoms with E-state index in [-0.39, 0.29) is 34.3 Å². The quantitative estimate of drug-likeness (QED) is 0.194. The van der Waals surface area contributed by atoms with Gasteiger partial charge in [0.2, 0.25) is 11.8 Å². The number of carboxylic acids is 1. The van der Waals surface area contributed by atoms with E-state index < -0.39 is 5.97 Å². The van der Waals surface area contributed by atoms with Gasteiger partial charge in [0.05, 0.1) is 22.9 Å². The lowest BCUT2D eigenvalue weighted by atomic mass is 9.81. The molecule has 2 aromatic rings. The second-order valence-corrected chi connectivity index (χ2v) is 14.8. The van der Waals surface area contributed by atoms with Crippen molar-refractivity contribution in [2.45, 2.75) is 105 Å². The third-order valence-electron chi connectivity index (χ3n) is 8.66. The number of carboxylic acid groups (broad SMARTS) is 1. The van der Waals surface area contributed by atoms with E-state index in [1.165, 1.54) is 11.3 Å². The lowest BCUT2D eigenvalue weighted by molar-refractivity contribution is -0.124. The maximum Gasteiger partial charge on any atom is 0.348 e. The van der Waals surface area contributed by atoms with Crippen molar-refractivity contribution in [2.75, 3.05) is 31.7 Å². The Balaban J connectivity index is 1.49. The molecule has 2 saturated carbocycles. The summed E-state index contributed by atoms with van der Waals surface area (Å²) in [5.74, 6) is 6.60. The Morgan fingerprint density at radius 2 is 1.80 bits per heavy atom. The third-order valence-corrected chi connectivity index (χ3v) is 9.69. The van der Waals surface area contributed by atoms with Gasteiger partial charge < -0.3 is 19.5 Å². The zero-order valence-corrected chi connectivity index (χ0v) is 28.8. The molecule has 2 fully saturated rings. The highest BCUT2D eigenvalue weighted by molar-refractivity contribution is 7.15. The van der Waals surface area contributed by atoms with Gasteiger partial charge in [0, 0.05) is 43.1 Å². The zero-order valence-electron chi connectivity index (χ0n) is 27.9. The molecule has 2 aliphatic rings. The normalized spacial score (nSPS) is 22.0. The molecule has 2 heterocycles. The number of nitrogens with zero attached hydrogens (tertiary/aromatic N) is 3. The van der Waals surface area contributed by atoms with Gasteiger partial charge in [-0.05, 0) is 104 Å². The maximum absolute atomic E-state index is 14.2. The Kier molecular flexibility index (Phi) is 12.5. The highest BCUT2D eigenvalue weighted by Crippen LogP contribution is 2.39. The van der Waals surface area contributed by atoms with Crippen LogP contribution in [0.5, 0.6) is 5.88 Å². The summed E-state index contributed by atoms with van der Waals surface area (Å²) in [4.78, 5) is 36.4. The van der Waals surface area contributed by atoms with Crippen molar-refractivity contribution in [2.24, 2.45) is 17.3 Å². The number of carbonyl (C=O) groups excluding carboxylic acids is 1. The molecule has 0 atom stereocenters. The maximum atomic E-state index is 14.2. The molecule has 4 rings (SSSR count). The van der Waals surface area contributed by atoms with Gasteiger partial charge >= 0.3 is 5.97 Å². The molecule has 1 amide bonds. The Bertz CT molecular complexity index is 1340. The van der Waals surface area contributed by atoms with Gasteiger partial charge in [-0.15, -0.1) is 11.3 Å². The summed E-state index contributed by atoms with van der Waals surface area (Å²) in [6, 6.07) is 7.64. The fraction of sp³-hybridized carbons (Fsp3) is 0.639. The molecule has 9 heteroatoms. The minimum Gasteiger partial charge on any atom is -0.477 e. The number of aromatic carboxylic acids is 1. The molecule has 45 heavy (non-hydrogen) atoms. The van der Waals surface area contributed by atoms with Crippen LogP contribution in [0.4, 0.5) is 5.69 Å². The number of pyridine rings is 1. The van der Waals surface area contributed by atoms with E-state index in [9.17, 15) is 14.7 Å². The monoisotopic (exact) mass is 637 g/mol. The number of thiophene rings is 1. The summed E-state index contributed by atoms with van der Waals surface area (Å²) in [5, 5.41) is 10.2. The van der Waals surface area contributed by atoms with Crippen LogP contribution in [0, 0.1) is 29.1 Å². The van der Waals surface area contributed by atoms with E-state index in [0.29, 0.717) is 42.1 Å². The predicted octanol–water partition coefficient (Wildman–Crippen LogP) is 7.26. The summed E-state index contributed by atoms with van der Waals surface area (Å²) < 4.78 is 11.8. The van der Waals surface area contributed by atoms with Crippen LogP contribution in [-0.2, 0) is 16.1 Å². The first-order valence-electron chi connectivity index (χ1n) is 16.6. The Morgan fingerprint density at radius 3 is 2.44 bits per heavy atom. The van der Waals surface area contributed by atoms with Crippen molar-refractivity contribution >= 4 is 28.9 Å². The number of carbonyl (C=O) groups is 2. The topological polar surface area (TPSA) is 92.2 Å². The first-order valence-corrected chi connectivity index (χ1v) is 17.4. The summed E-state index contributed by atoms with van der Waals surface area (Å²) in [6.07, 6.45) is 6.73. The summed E-state index contributed by atoms with van der Waals surface area (Å²) in [5.41, 5.74) is 1.23. The van der Waals surface area contributed by atoms with Crippen molar-refractivity contribution in [3.8, 4) is 17.7 Å². The zero-order chi connectivity index (χ0) is 32.6. The second-order valence-electron chi connectivity index (χ2n) is 13.7. The summed E-state index contributed by atoms with van der Waals surface area (Å²) >= 11 is 1.17. The van der Waals surface area contributed by atoms with Crippen LogP contribution in [0.2, 0.25) is 0 Å². The van der Waals surface area contributed by atoms with Crippen LogP contribution in [-0.4, -0.2) is 65.8 Å². The fourth-order valence-electron chi connectivity index (χ4n) is 6.15. The number of likely N-dealkylation sites (N-methyl/N-ethyl adjacent to an activating group) is 1. The highest BCUT2D eigenvalue weighted by atomic mass is 32.1. The van der Waals surface area contributed by atoms with Gasteiger partial charge in [-0.1, -0.05) is 24.8 Å². The molecular weight excluding hydrogens is 586 g/mol. The van der Waals surface area contributed by atoms with Crippen molar-refractivity contribution in [1.29, 1.82) is 0 Å². The minimum absolute atomic E-state index is 0.0122. The smallest absolute Gasteiger partial charge is 0.348 e. The van der Waals surface area contributed by atoms with Crippen molar-refractivity contribution in [3.05, 3.63) is 39.7 Å². The standard InChI is InChI=1S/C36H51N3O5S/c1-7-43-22-21-38(6)24-27-9-8-10-32(37-27)44-29-17-15-28(16-18-29)39(34(40)26-13-11-25(2)12-14-26)31-23-30(19-20-36(3,4)5)45-33(31)35(41)42/h8-10,23,25-26,28-29H,7,11-18,21-22,24H2,1-6H3,(H,41,42). The molecule has 0 aromatic carbocycles. The molecule has 0 aliphatic heterocycles. The summed E-state index contributed by atoms with van der Waals surface area (Å²) in [7, 11) is 2.06. The number of hydrogen-bond acceptors (Lipinski definition) is 7. The molecule has 0 radical (unpaired) electrons. The molecule has 0 saturated heterocycles. The number of rotatable bonds is 12. The molecule has 0 bridgehead atoms. The van der Waals surface area contributed by atoms with E-state index in [1.807, 2.05) is 56.9 Å². The molecular formula is C36H51N3O5S. The molecule has 2 aromatic heterocycles. The third kappa shape index (κ3) is 10.3. The van der Waals surface area contributed by atoms with E-state index in [1.54, 1.807) is 0 Å². The SMILES string of the molecule is CCOCCN(C)Cc1cccc(OC2CCC(N(C(=O)C3CCC(C)CC3)c3cc(C#CC(C)(C)C)sc3C(=O)O)CC2)n1. The number of ether oxygens (including phenoxy) is 2. The number of anilines is 1. The lowest BCUT2D eigenvalue weighted by Crippen LogP contribution is -2.47. The van der Waals surface area contributed by atoms with Gasteiger partial charge in [0.15, 0.2) is 0 Å². The van der Waals surface area contributed by atoms with Gasteiger partial charge in [-0.2, -0.15) is 0 Å². The van der Waals surface area contributed by atoms with E-state index in [2.05, 4.69) is 30.7 Å². The van der Waals surface area contributed by atoms with E-state index >= 15 is 0 Å². The fourth-order valence-corrected chi connectivity index (χ4v) is 6.99. The minimum atomic E-state index is -1.01. The van der Waals surface area contributed by atoms with Crippen molar-refractivity contribution < 1.29 is 24.2 Å². The second kappa shape index (κ2) is 16.1. The van der Waals surface area contributed by atoms with Gasteiger partial charge in [-0.3, -0.25) is 9.69 Å². The molecule has 1 N–H and O–H groups in total. The van der Waals surface area contributed by atoms with Crippen LogP contribution in [0.1, 0.15) is 106 Å². The Morgan fingerprint density at radius 1 is 1.09 bits per heavy atom. The van der Waals surface area contributed by atoms with E-state index in [0.717, 1.165) is 63.6 Å². The largest absolute Gasteiger partial charge is 0.477 e. The first-order chi connectivity index (χ1) is 21.4. The number of amides is 1. The molecule has 8 nitrogen and oxygen atoms in total.